The van der Waals surface area contributed by atoms with Gasteiger partial charge in [0, 0.05) is 42.3 Å². The van der Waals surface area contributed by atoms with Crippen molar-refractivity contribution in [2.24, 2.45) is 22.5 Å². The van der Waals surface area contributed by atoms with Crippen molar-refractivity contribution in [3.8, 4) is 0 Å². The molecule has 2 fully saturated rings. The third-order valence-corrected chi connectivity index (χ3v) is 8.11. The summed E-state index contributed by atoms with van der Waals surface area (Å²) in [5, 5.41) is 5.23. The lowest BCUT2D eigenvalue weighted by Gasteiger charge is -2.40. The number of nitrogens with one attached hydrogen (secondary N) is 1. The number of aryl methyl sites for hydroxylation is 1. The minimum absolute atomic E-state index is 0.164. The molecule has 142 valence electrons. The van der Waals surface area contributed by atoms with E-state index in [2.05, 4.69) is 68.0 Å². The van der Waals surface area contributed by atoms with Crippen LogP contribution in [-0.4, -0.2) is 23.2 Å². The van der Waals surface area contributed by atoms with Gasteiger partial charge >= 0.3 is 0 Å². The van der Waals surface area contributed by atoms with Gasteiger partial charge in [0.05, 0.1) is 0 Å². The first kappa shape index (κ1) is 18.1. The summed E-state index contributed by atoms with van der Waals surface area (Å²) < 4.78 is 2.34. The highest BCUT2D eigenvalue weighted by molar-refractivity contribution is 5.84. The highest BCUT2D eigenvalue weighted by Gasteiger charge is 2.60. The molecule has 4 atom stereocenters. The molecule has 2 aromatic rings. The Bertz CT molecular complexity index is 790. The number of nitrogens with zero attached hydrogens (tertiary/aromatic N) is 1. The van der Waals surface area contributed by atoms with Crippen LogP contribution in [-0.2, 0) is 13.0 Å². The third-order valence-electron chi connectivity index (χ3n) is 8.11. The van der Waals surface area contributed by atoms with E-state index in [9.17, 15) is 0 Å². The second-order valence-corrected chi connectivity index (χ2v) is 9.49. The Kier molecular flexibility index (Phi) is 4.44. The van der Waals surface area contributed by atoms with Gasteiger partial charge in [0.2, 0.25) is 0 Å². The second kappa shape index (κ2) is 6.38. The number of hydrogen-bond acceptors (Lipinski definition) is 2. The number of fused-ring (bicyclic) bond motifs is 3. The maximum Gasteiger partial charge on any atom is 0.0483 e. The molecule has 2 aliphatic rings. The van der Waals surface area contributed by atoms with Crippen molar-refractivity contribution in [3.63, 3.8) is 0 Å². The van der Waals surface area contributed by atoms with E-state index in [1.807, 2.05) is 0 Å². The first-order chi connectivity index (χ1) is 12.4. The Morgan fingerprint density at radius 1 is 1.27 bits per heavy atom. The van der Waals surface area contributed by atoms with Crippen LogP contribution < -0.4 is 11.1 Å². The predicted molar refractivity (Wildman–Crippen MR) is 110 cm³/mol. The number of aromatic nitrogens is 1. The van der Waals surface area contributed by atoms with E-state index in [0.29, 0.717) is 16.9 Å². The fraction of sp³-hybridized carbons (Fsp3) is 0.652. The summed E-state index contributed by atoms with van der Waals surface area (Å²) in [5.41, 5.74) is 10.2. The van der Waals surface area contributed by atoms with E-state index in [4.69, 9.17) is 5.73 Å². The van der Waals surface area contributed by atoms with Crippen LogP contribution in [0.25, 0.3) is 10.9 Å². The summed E-state index contributed by atoms with van der Waals surface area (Å²) in [5.74, 6) is 0.878. The molecule has 26 heavy (non-hydrogen) atoms. The molecule has 2 bridgehead atoms. The Balaban J connectivity index is 1.42. The van der Waals surface area contributed by atoms with Gasteiger partial charge in [-0.3, -0.25) is 0 Å². The minimum atomic E-state index is 0.164. The van der Waals surface area contributed by atoms with Crippen molar-refractivity contribution >= 4 is 10.9 Å². The van der Waals surface area contributed by atoms with Gasteiger partial charge in [0.1, 0.15) is 0 Å². The van der Waals surface area contributed by atoms with E-state index in [-0.39, 0.29) is 6.04 Å². The minimum Gasteiger partial charge on any atom is -0.347 e. The van der Waals surface area contributed by atoms with Crippen LogP contribution in [0.3, 0.4) is 0 Å². The SMILES string of the molecule is CCn1cc(C[C@H](N)CN[C@@H]2C[C@H]3CC[C@]2(C)C3(C)C)c2ccccc21. The maximum atomic E-state index is 6.56. The second-order valence-electron chi connectivity index (χ2n) is 9.49. The average Bonchev–Trinajstić information content (AvgIpc) is 3.15. The van der Waals surface area contributed by atoms with Crippen LogP contribution in [0, 0.1) is 16.7 Å². The largest absolute Gasteiger partial charge is 0.347 e. The molecule has 3 N–H and O–H groups in total. The summed E-state index contributed by atoms with van der Waals surface area (Å²) in [6.07, 6.45) is 7.33. The van der Waals surface area contributed by atoms with Crippen LogP contribution in [0.2, 0.25) is 0 Å². The van der Waals surface area contributed by atoms with Crippen molar-refractivity contribution in [1.82, 2.24) is 9.88 Å². The molecule has 1 aromatic heterocycles. The standard InChI is InChI=1S/C23H35N3/c1-5-26-15-16(19-8-6-7-9-20(19)26)12-18(24)14-25-21-13-17-10-11-23(21,4)22(17,2)3/h6-9,15,17-18,21,25H,5,10-14,24H2,1-4H3/t17-,18+,21-,23+/m1/s1. The smallest absolute Gasteiger partial charge is 0.0483 e. The molecule has 2 saturated carbocycles. The third kappa shape index (κ3) is 2.63. The first-order valence-electron chi connectivity index (χ1n) is 10.4. The van der Waals surface area contributed by atoms with Crippen LogP contribution in [0.4, 0.5) is 0 Å². The Morgan fingerprint density at radius 2 is 2.04 bits per heavy atom. The van der Waals surface area contributed by atoms with E-state index in [1.165, 1.54) is 35.7 Å². The molecule has 3 nitrogen and oxygen atoms in total. The lowest BCUT2D eigenvalue weighted by atomic mass is 9.69. The van der Waals surface area contributed by atoms with Gasteiger partial charge in [-0.05, 0) is 61.0 Å². The van der Waals surface area contributed by atoms with Gasteiger partial charge < -0.3 is 15.6 Å². The fourth-order valence-electron chi connectivity index (χ4n) is 5.91. The number of benzene rings is 1. The number of rotatable bonds is 6. The molecular formula is C23H35N3. The molecule has 4 rings (SSSR count). The Morgan fingerprint density at radius 3 is 2.69 bits per heavy atom. The van der Waals surface area contributed by atoms with E-state index in [1.54, 1.807) is 0 Å². The molecule has 1 heterocycles. The summed E-state index contributed by atoms with van der Waals surface area (Å²) in [6.45, 7) is 11.6. The molecule has 0 spiro atoms. The van der Waals surface area contributed by atoms with Crippen molar-refractivity contribution in [3.05, 3.63) is 36.0 Å². The van der Waals surface area contributed by atoms with Gasteiger partial charge in [0.25, 0.3) is 0 Å². The summed E-state index contributed by atoms with van der Waals surface area (Å²) in [4.78, 5) is 0. The van der Waals surface area contributed by atoms with Gasteiger partial charge in [-0.2, -0.15) is 0 Å². The molecule has 0 unspecified atom stereocenters. The zero-order chi connectivity index (χ0) is 18.5. The normalized spacial score (nSPS) is 31.0. The van der Waals surface area contributed by atoms with Crippen LogP contribution in [0.1, 0.15) is 52.5 Å². The van der Waals surface area contributed by atoms with E-state index in [0.717, 1.165) is 25.4 Å². The zero-order valence-corrected chi connectivity index (χ0v) is 16.9. The summed E-state index contributed by atoms with van der Waals surface area (Å²) in [6, 6.07) is 9.49. The predicted octanol–water partition coefficient (Wildman–Crippen LogP) is 4.34. The molecule has 1 aromatic carbocycles. The number of hydrogen-bond donors (Lipinski definition) is 2. The number of nitrogens with two attached hydrogens (primary N) is 1. The average molecular weight is 354 g/mol. The Labute approximate surface area is 158 Å². The molecule has 0 saturated heterocycles. The molecular weight excluding hydrogens is 318 g/mol. The van der Waals surface area contributed by atoms with Crippen LogP contribution >= 0.6 is 0 Å². The van der Waals surface area contributed by atoms with Crippen molar-refractivity contribution in [1.29, 1.82) is 0 Å². The molecule has 3 heteroatoms. The number of para-hydroxylation sites is 1. The monoisotopic (exact) mass is 353 g/mol. The van der Waals surface area contributed by atoms with Crippen molar-refractivity contribution < 1.29 is 0 Å². The summed E-state index contributed by atoms with van der Waals surface area (Å²) >= 11 is 0. The fourth-order valence-corrected chi connectivity index (χ4v) is 5.91. The molecule has 0 amide bonds. The quantitative estimate of drug-likeness (QED) is 0.811. The van der Waals surface area contributed by atoms with Crippen molar-refractivity contribution in [2.75, 3.05) is 6.54 Å². The van der Waals surface area contributed by atoms with E-state index < -0.39 is 0 Å². The summed E-state index contributed by atoms with van der Waals surface area (Å²) in [7, 11) is 0. The maximum absolute atomic E-state index is 6.56. The lowest BCUT2D eigenvalue weighted by molar-refractivity contribution is 0.120. The van der Waals surface area contributed by atoms with E-state index >= 15 is 0 Å². The van der Waals surface area contributed by atoms with Crippen LogP contribution in [0.15, 0.2) is 30.5 Å². The van der Waals surface area contributed by atoms with Gasteiger partial charge in [-0.15, -0.1) is 0 Å². The van der Waals surface area contributed by atoms with Gasteiger partial charge in [-0.1, -0.05) is 39.0 Å². The molecule has 0 radical (unpaired) electrons. The first-order valence-corrected chi connectivity index (χ1v) is 10.4. The lowest BCUT2D eigenvalue weighted by Crippen LogP contribution is -2.48. The van der Waals surface area contributed by atoms with Crippen molar-refractivity contribution in [2.45, 2.75) is 72.0 Å². The molecule has 0 aliphatic heterocycles. The van der Waals surface area contributed by atoms with Gasteiger partial charge in [0.15, 0.2) is 0 Å². The zero-order valence-electron chi connectivity index (χ0n) is 16.9. The highest BCUT2D eigenvalue weighted by Crippen LogP contribution is 2.65. The topological polar surface area (TPSA) is 43.0 Å². The highest BCUT2D eigenvalue weighted by atomic mass is 15.0. The van der Waals surface area contributed by atoms with Crippen LogP contribution in [0.5, 0.6) is 0 Å². The molecule has 2 aliphatic carbocycles. The Hall–Kier alpha value is -1.32. The van der Waals surface area contributed by atoms with Gasteiger partial charge in [-0.25, -0.2) is 0 Å².